The fourth-order valence-corrected chi connectivity index (χ4v) is 1.77. The molecule has 0 radical (unpaired) electrons. The highest BCUT2D eigenvalue weighted by molar-refractivity contribution is 4.83. The summed E-state index contributed by atoms with van der Waals surface area (Å²) in [5.74, 6) is 0.831. The van der Waals surface area contributed by atoms with Gasteiger partial charge in [-0.1, -0.05) is 26.7 Å². The Labute approximate surface area is 77.9 Å². The summed E-state index contributed by atoms with van der Waals surface area (Å²) in [5.41, 5.74) is 0.312. The van der Waals surface area contributed by atoms with Gasteiger partial charge in [0.2, 0.25) is 0 Å². The van der Waals surface area contributed by atoms with Crippen LogP contribution >= 0.6 is 0 Å². The van der Waals surface area contributed by atoms with E-state index in [9.17, 15) is 0 Å². The van der Waals surface area contributed by atoms with Crippen LogP contribution in [0, 0.1) is 5.92 Å². The van der Waals surface area contributed by atoms with Crippen molar-refractivity contribution in [3.8, 4) is 0 Å². The molecule has 0 heterocycles. The number of rotatable bonds is 6. The van der Waals surface area contributed by atoms with Gasteiger partial charge in [-0.2, -0.15) is 0 Å². The smallest absolute Gasteiger partial charge is 0.0150 e. The molecule has 1 heteroatoms. The van der Waals surface area contributed by atoms with E-state index in [1.165, 1.54) is 25.7 Å². The predicted molar refractivity (Wildman–Crippen MR) is 56.4 cm³/mol. The van der Waals surface area contributed by atoms with Gasteiger partial charge in [0.1, 0.15) is 0 Å². The lowest BCUT2D eigenvalue weighted by molar-refractivity contribution is 0.236. The molecule has 0 unspecified atom stereocenters. The Kier molecular flexibility index (Phi) is 5.56. The summed E-state index contributed by atoms with van der Waals surface area (Å²) < 4.78 is 0. The molecule has 0 bridgehead atoms. The quantitative estimate of drug-likeness (QED) is 0.647. The Balaban J connectivity index is 4.07. The minimum absolute atomic E-state index is 0.312. The van der Waals surface area contributed by atoms with Gasteiger partial charge in [-0.25, -0.2) is 0 Å². The molecule has 0 fully saturated rings. The van der Waals surface area contributed by atoms with Gasteiger partial charge in [0, 0.05) is 5.54 Å². The van der Waals surface area contributed by atoms with Crippen LogP contribution in [0.25, 0.3) is 0 Å². The van der Waals surface area contributed by atoms with Crippen LogP contribution in [0.15, 0.2) is 0 Å². The average molecular weight is 171 g/mol. The zero-order valence-electron chi connectivity index (χ0n) is 9.41. The van der Waals surface area contributed by atoms with E-state index in [1.807, 2.05) is 0 Å². The van der Waals surface area contributed by atoms with Gasteiger partial charge in [0.15, 0.2) is 0 Å². The van der Waals surface area contributed by atoms with E-state index in [2.05, 4.69) is 40.1 Å². The normalized spacial score (nSPS) is 12.5. The summed E-state index contributed by atoms with van der Waals surface area (Å²) in [6, 6.07) is 0. The molecule has 0 aliphatic rings. The molecule has 0 amide bonds. The molecule has 0 aromatic carbocycles. The van der Waals surface area contributed by atoms with E-state index in [-0.39, 0.29) is 0 Å². The monoisotopic (exact) mass is 171 g/mol. The van der Waals surface area contributed by atoms with E-state index in [0.717, 1.165) is 5.92 Å². The van der Waals surface area contributed by atoms with Crippen molar-refractivity contribution < 1.29 is 0 Å². The van der Waals surface area contributed by atoms with E-state index in [4.69, 9.17) is 0 Å². The van der Waals surface area contributed by atoms with Crippen molar-refractivity contribution in [2.24, 2.45) is 5.92 Å². The van der Waals surface area contributed by atoms with Crippen molar-refractivity contribution in [2.75, 3.05) is 7.05 Å². The number of hydrogen-bond donors (Lipinski definition) is 1. The third kappa shape index (κ3) is 3.57. The third-order valence-electron chi connectivity index (χ3n) is 2.94. The standard InChI is InChI=1S/C11H25N/c1-6-8-10(9-7-2)11(3,4)12-5/h10,12H,6-9H2,1-5H3. The van der Waals surface area contributed by atoms with Crippen molar-refractivity contribution in [3.63, 3.8) is 0 Å². The number of hydrogen-bond acceptors (Lipinski definition) is 1. The molecule has 1 nitrogen and oxygen atoms in total. The van der Waals surface area contributed by atoms with Crippen LogP contribution in [-0.2, 0) is 0 Å². The molecular formula is C11H25N. The van der Waals surface area contributed by atoms with Gasteiger partial charge in [0.25, 0.3) is 0 Å². The van der Waals surface area contributed by atoms with Crippen molar-refractivity contribution >= 4 is 0 Å². The van der Waals surface area contributed by atoms with Gasteiger partial charge >= 0.3 is 0 Å². The first-order valence-corrected chi connectivity index (χ1v) is 5.27. The minimum atomic E-state index is 0.312. The summed E-state index contributed by atoms with van der Waals surface area (Å²) in [6.07, 6.45) is 5.30. The Morgan fingerprint density at radius 3 is 1.75 bits per heavy atom. The Morgan fingerprint density at radius 1 is 1.08 bits per heavy atom. The molecule has 0 aliphatic carbocycles. The Morgan fingerprint density at radius 2 is 1.50 bits per heavy atom. The van der Waals surface area contributed by atoms with Crippen LogP contribution in [0.5, 0.6) is 0 Å². The molecule has 0 spiro atoms. The summed E-state index contributed by atoms with van der Waals surface area (Å²) in [4.78, 5) is 0. The maximum absolute atomic E-state index is 3.41. The van der Waals surface area contributed by atoms with Gasteiger partial charge in [-0.3, -0.25) is 0 Å². The van der Waals surface area contributed by atoms with Crippen LogP contribution in [0.4, 0.5) is 0 Å². The summed E-state index contributed by atoms with van der Waals surface area (Å²) >= 11 is 0. The maximum atomic E-state index is 3.41. The van der Waals surface area contributed by atoms with Crippen LogP contribution < -0.4 is 5.32 Å². The fourth-order valence-electron chi connectivity index (χ4n) is 1.77. The molecule has 1 N–H and O–H groups in total. The summed E-state index contributed by atoms with van der Waals surface area (Å²) in [5, 5.41) is 3.41. The molecule has 0 aromatic heterocycles. The van der Waals surface area contributed by atoms with Crippen molar-refractivity contribution in [2.45, 2.75) is 58.9 Å². The van der Waals surface area contributed by atoms with Crippen molar-refractivity contribution in [3.05, 3.63) is 0 Å². The molecule has 12 heavy (non-hydrogen) atoms. The van der Waals surface area contributed by atoms with Gasteiger partial charge < -0.3 is 5.32 Å². The second kappa shape index (κ2) is 5.58. The lowest BCUT2D eigenvalue weighted by Gasteiger charge is -2.34. The second-order valence-electron chi connectivity index (χ2n) is 4.25. The zero-order valence-corrected chi connectivity index (χ0v) is 9.41. The van der Waals surface area contributed by atoms with E-state index in [1.54, 1.807) is 0 Å². The summed E-state index contributed by atoms with van der Waals surface area (Å²) in [6.45, 7) is 9.16. The Hall–Kier alpha value is -0.0400. The molecular weight excluding hydrogens is 146 g/mol. The van der Waals surface area contributed by atoms with Gasteiger partial charge in [-0.05, 0) is 39.7 Å². The molecule has 0 saturated carbocycles. The highest BCUT2D eigenvalue weighted by atomic mass is 14.9. The van der Waals surface area contributed by atoms with Crippen molar-refractivity contribution in [1.29, 1.82) is 0 Å². The molecule has 0 rings (SSSR count). The SMILES string of the molecule is CCCC(CCC)C(C)(C)NC. The van der Waals surface area contributed by atoms with E-state index < -0.39 is 0 Å². The average Bonchev–Trinajstić information content (AvgIpc) is 2.04. The third-order valence-corrected chi connectivity index (χ3v) is 2.94. The fraction of sp³-hybridized carbons (Fsp3) is 1.00. The first kappa shape index (κ1) is 12.0. The highest BCUT2D eigenvalue weighted by Gasteiger charge is 2.25. The Bertz CT molecular complexity index is 102. The predicted octanol–water partition coefficient (Wildman–Crippen LogP) is 3.20. The van der Waals surface area contributed by atoms with E-state index >= 15 is 0 Å². The van der Waals surface area contributed by atoms with Crippen LogP contribution in [0.2, 0.25) is 0 Å². The maximum Gasteiger partial charge on any atom is 0.0150 e. The summed E-state index contributed by atoms with van der Waals surface area (Å²) in [7, 11) is 2.07. The lowest BCUT2D eigenvalue weighted by Crippen LogP contribution is -2.43. The first-order chi connectivity index (χ1) is 5.58. The number of nitrogens with one attached hydrogen (secondary N) is 1. The van der Waals surface area contributed by atoms with Gasteiger partial charge in [0.05, 0.1) is 0 Å². The lowest BCUT2D eigenvalue weighted by atomic mass is 9.81. The topological polar surface area (TPSA) is 12.0 Å². The molecule has 0 aromatic rings. The van der Waals surface area contributed by atoms with Crippen molar-refractivity contribution in [1.82, 2.24) is 5.32 Å². The van der Waals surface area contributed by atoms with E-state index in [0.29, 0.717) is 5.54 Å². The van der Waals surface area contributed by atoms with Crippen LogP contribution in [0.1, 0.15) is 53.4 Å². The van der Waals surface area contributed by atoms with Gasteiger partial charge in [-0.15, -0.1) is 0 Å². The molecule has 0 saturated heterocycles. The first-order valence-electron chi connectivity index (χ1n) is 5.27. The largest absolute Gasteiger partial charge is 0.315 e. The molecule has 74 valence electrons. The molecule has 0 atom stereocenters. The minimum Gasteiger partial charge on any atom is -0.315 e. The highest BCUT2D eigenvalue weighted by Crippen LogP contribution is 2.25. The van der Waals surface area contributed by atoms with Crippen LogP contribution in [-0.4, -0.2) is 12.6 Å². The van der Waals surface area contributed by atoms with Crippen LogP contribution in [0.3, 0.4) is 0 Å². The second-order valence-corrected chi connectivity index (χ2v) is 4.25. The zero-order chi connectivity index (χ0) is 9.61. The molecule has 0 aliphatic heterocycles.